The molecule has 2 unspecified atom stereocenters. The van der Waals surface area contributed by atoms with E-state index in [4.69, 9.17) is 10.5 Å². The fourth-order valence-corrected chi connectivity index (χ4v) is 4.13. The van der Waals surface area contributed by atoms with E-state index >= 15 is 0 Å². The molecule has 0 amide bonds. The number of rotatable bonds is 2. The number of thioether (sulfide) groups is 1. The second kappa shape index (κ2) is 4.91. The molecule has 1 aliphatic rings. The van der Waals surface area contributed by atoms with Crippen molar-refractivity contribution >= 4 is 23.1 Å². The molecule has 2 heterocycles. The third-order valence-electron chi connectivity index (χ3n) is 2.93. The number of thiazole rings is 1. The summed E-state index contributed by atoms with van der Waals surface area (Å²) >= 11 is 3.38. The molecule has 3 nitrogen and oxygen atoms in total. The van der Waals surface area contributed by atoms with Crippen LogP contribution in [0, 0.1) is 6.92 Å². The molecule has 94 valence electrons. The van der Waals surface area contributed by atoms with E-state index in [1.165, 1.54) is 0 Å². The van der Waals surface area contributed by atoms with E-state index < -0.39 is 0 Å². The van der Waals surface area contributed by atoms with Gasteiger partial charge in [0.25, 0.3) is 0 Å². The van der Waals surface area contributed by atoms with E-state index in [1.54, 1.807) is 23.1 Å². The second-order valence-corrected chi connectivity index (χ2v) is 6.63. The summed E-state index contributed by atoms with van der Waals surface area (Å²) in [5.41, 5.74) is 8.48. The number of benzene rings is 1. The monoisotopic (exact) mass is 278 g/mol. The number of hydrogen-bond donors (Lipinski definition) is 1. The van der Waals surface area contributed by atoms with Crippen molar-refractivity contribution in [3.63, 3.8) is 0 Å². The predicted octanol–water partition coefficient (Wildman–Crippen LogP) is 3.00. The Labute approximate surface area is 114 Å². The van der Waals surface area contributed by atoms with Crippen molar-refractivity contribution in [3.05, 3.63) is 40.9 Å². The van der Waals surface area contributed by atoms with Crippen LogP contribution in [0.15, 0.2) is 34.0 Å². The average molecular weight is 278 g/mol. The van der Waals surface area contributed by atoms with Crippen molar-refractivity contribution in [1.82, 2.24) is 4.98 Å². The molecule has 2 atom stereocenters. The number of fused-ring (bicyclic) bond motifs is 1. The van der Waals surface area contributed by atoms with E-state index in [0.717, 1.165) is 21.3 Å². The van der Waals surface area contributed by atoms with Crippen LogP contribution in [0.4, 0.5) is 0 Å². The molecule has 3 rings (SSSR count). The zero-order valence-corrected chi connectivity index (χ0v) is 11.6. The highest BCUT2D eigenvalue weighted by molar-refractivity contribution is 8.01. The van der Waals surface area contributed by atoms with Gasteiger partial charge in [0.05, 0.1) is 5.25 Å². The third kappa shape index (κ3) is 2.25. The summed E-state index contributed by atoms with van der Waals surface area (Å²) in [5.74, 6) is 0.914. The number of ether oxygens (including phenoxy) is 1. The summed E-state index contributed by atoms with van der Waals surface area (Å²) in [6.07, 6.45) is 0. The maximum Gasteiger partial charge on any atom is 0.150 e. The Morgan fingerprint density at radius 1 is 1.44 bits per heavy atom. The minimum atomic E-state index is 0.00385. The molecule has 0 radical (unpaired) electrons. The van der Waals surface area contributed by atoms with Crippen LogP contribution in [0.5, 0.6) is 5.75 Å². The lowest BCUT2D eigenvalue weighted by Gasteiger charge is -2.30. The Hall–Kier alpha value is -1.04. The molecule has 2 N–H and O–H groups in total. The summed E-state index contributed by atoms with van der Waals surface area (Å²) < 4.78 is 6.83. The van der Waals surface area contributed by atoms with Crippen LogP contribution >= 0.6 is 23.1 Å². The summed E-state index contributed by atoms with van der Waals surface area (Å²) in [7, 11) is 0. The number of nitrogens with zero attached hydrogens (tertiary/aromatic N) is 1. The lowest BCUT2D eigenvalue weighted by molar-refractivity contribution is 0.276. The Kier molecular flexibility index (Phi) is 3.28. The molecule has 0 saturated heterocycles. The van der Waals surface area contributed by atoms with Gasteiger partial charge in [0.2, 0.25) is 0 Å². The van der Waals surface area contributed by atoms with Crippen LogP contribution in [0.2, 0.25) is 0 Å². The van der Waals surface area contributed by atoms with Gasteiger partial charge in [0.1, 0.15) is 12.4 Å². The summed E-state index contributed by atoms with van der Waals surface area (Å²) in [6, 6.07) is 8.00. The number of aryl methyl sites for hydroxylation is 1. The van der Waals surface area contributed by atoms with Gasteiger partial charge in [-0.2, -0.15) is 0 Å². The zero-order valence-electron chi connectivity index (χ0n) is 10.00. The molecule has 0 saturated carbocycles. The number of hydrogen-bond acceptors (Lipinski definition) is 5. The second-order valence-electron chi connectivity index (χ2n) is 4.29. The van der Waals surface area contributed by atoms with Gasteiger partial charge >= 0.3 is 0 Å². The molecular formula is C13H14N2OS2. The topological polar surface area (TPSA) is 48.1 Å². The van der Waals surface area contributed by atoms with Crippen LogP contribution in [0.1, 0.15) is 17.3 Å². The Bertz CT molecular complexity index is 555. The first-order chi connectivity index (χ1) is 8.74. The molecule has 0 bridgehead atoms. The van der Waals surface area contributed by atoms with Gasteiger partial charge in [-0.3, -0.25) is 0 Å². The first-order valence-corrected chi connectivity index (χ1v) is 7.56. The lowest BCUT2D eigenvalue weighted by Crippen LogP contribution is -2.33. The van der Waals surface area contributed by atoms with E-state index in [2.05, 4.69) is 10.4 Å². The molecule has 0 fully saturated rings. The average Bonchev–Trinajstić information content (AvgIpc) is 2.79. The first-order valence-electron chi connectivity index (χ1n) is 5.80. The van der Waals surface area contributed by atoms with E-state index in [-0.39, 0.29) is 11.3 Å². The summed E-state index contributed by atoms with van der Waals surface area (Å²) in [5, 5.41) is 2.29. The van der Waals surface area contributed by atoms with Crippen LogP contribution in [0.3, 0.4) is 0 Å². The van der Waals surface area contributed by atoms with Gasteiger partial charge in [-0.05, 0) is 13.0 Å². The molecule has 18 heavy (non-hydrogen) atoms. The quantitative estimate of drug-likeness (QED) is 0.917. The molecule has 1 aliphatic heterocycles. The van der Waals surface area contributed by atoms with Crippen molar-refractivity contribution in [3.8, 4) is 5.75 Å². The normalized spacial score (nSPS) is 22.3. The number of aromatic nitrogens is 1. The Balaban J connectivity index is 1.80. The summed E-state index contributed by atoms with van der Waals surface area (Å²) in [6.45, 7) is 2.65. The molecule has 5 heteroatoms. The van der Waals surface area contributed by atoms with Crippen LogP contribution in [-0.4, -0.2) is 16.8 Å². The van der Waals surface area contributed by atoms with Crippen LogP contribution < -0.4 is 10.5 Å². The minimum absolute atomic E-state index is 0.00385. The van der Waals surface area contributed by atoms with Crippen molar-refractivity contribution in [1.29, 1.82) is 0 Å². The maximum absolute atomic E-state index is 6.32. The number of para-hydroxylation sites is 1. The SMILES string of the molecule is Cc1csc(SC2COc3ccccc3C2N)n1. The highest BCUT2D eigenvalue weighted by atomic mass is 32.2. The fraction of sp³-hybridized carbons (Fsp3) is 0.308. The highest BCUT2D eigenvalue weighted by Gasteiger charge is 2.29. The van der Waals surface area contributed by atoms with Gasteiger partial charge in [-0.25, -0.2) is 4.98 Å². The number of nitrogens with two attached hydrogens (primary N) is 1. The molecular weight excluding hydrogens is 264 g/mol. The predicted molar refractivity (Wildman–Crippen MR) is 75.4 cm³/mol. The summed E-state index contributed by atoms with van der Waals surface area (Å²) in [4.78, 5) is 4.47. The maximum atomic E-state index is 6.32. The van der Waals surface area contributed by atoms with Crippen molar-refractivity contribution in [2.24, 2.45) is 5.73 Å². The van der Waals surface area contributed by atoms with Gasteiger partial charge in [0, 0.05) is 22.7 Å². The van der Waals surface area contributed by atoms with Gasteiger partial charge in [-0.1, -0.05) is 30.0 Å². The first kappa shape index (κ1) is 12.0. The molecule has 2 aromatic rings. The molecule has 1 aromatic heterocycles. The van der Waals surface area contributed by atoms with Crippen molar-refractivity contribution in [2.75, 3.05) is 6.61 Å². The third-order valence-corrected chi connectivity index (χ3v) is 5.29. The largest absolute Gasteiger partial charge is 0.492 e. The standard InChI is InChI=1S/C13H14N2OS2/c1-8-7-17-13(15-8)18-11-6-16-10-5-3-2-4-9(10)12(11)14/h2-5,7,11-12H,6,14H2,1H3. The molecule has 1 aromatic carbocycles. The van der Waals surface area contributed by atoms with Crippen LogP contribution in [-0.2, 0) is 0 Å². The Morgan fingerprint density at radius 2 is 2.28 bits per heavy atom. The van der Waals surface area contributed by atoms with Crippen LogP contribution in [0.25, 0.3) is 0 Å². The van der Waals surface area contributed by atoms with Gasteiger partial charge in [0.15, 0.2) is 4.34 Å². The van der Waals surface area contributed by atoms with Gasteiger partial charge < -0.3 is 10.5 Å². The van der Waals surface area contributed by atoms with E-state index in [0.29, 0.717) is 6.61 Å². The smallest absolute Gasteiger partial charge is 0.150 e. The minimum Gasteiger partial charge on any atom is -0.492 e. The highest BCUT2D eigenvalue weighted by Crippen LogP contribution is 2.39. The van der Waals surface area contributed by atoms with Crippen molar-refractivity contribution < 1.29 is 4.74 Å². The molecule has 0 aliphatic carbocycles. The lowest BCUT2D eigenvalue weighted by atomic mass is 10.0. The van der Waals surface area contributed by atoms with E-state index in [1.807, 2.05) is 31.2 Å². The van der Waals surface area contributed by atoms with E-state index in [9.17, 15) is 0 Å². The zero-order chi connectivity index (χ0) is 12.5. The Morgan fingerprint density at radius 3 is 3.06 bits per heavy atom. The molecule has 0 spiro atoms. The van der Waals surface area contributed by atoms with Gasteiger partial charge in [-0.15, -0.1) is 11.3 Å². The van der Waals surface area contributed by atoms with Crippen molar-refractivity contribution in [2.45, 2.75) is 22.6 Å². The fourth-order valence-electron chi connectivity index (χ4n) is 1.99.